The van der Waals surface area contributed by atoms with Crippen LogP contribution < -0.4 is 5.32 Å². The predicted molar refractivity (Wildman–Crippen MR) is 72.6 cm³/mol. The van der Waals surface area contributed by atoms with Crippen LogP contribution in [0.4, 0.5) is 0 Å². The minimum Gasteiger partial charge on any atom is -0.379 e. The first-order chi connectivity index (χ1) is 8.50. The Kier molecular flexibility index (Phi) is 6.60. The summed E-state index contributed by atoms with van der Waals surface area (Å²) in [4.78, 5) is 16.0. The zero-order valence-corrected chi connectivity index (χ0v) is 12.1. The molecule has 1 unspecified atom stereocenters. The van der Waals surface area contributed by atoms with Crippen LogP contribution in [0, 0.1) is 0 Å². The Bertz CT molecular complexity index is 253. The maximum Gasteiger partial charge on any atom is 0.236 e. The fourth-order valence-corrected chi connectivity index (χ4v) is 1.91. The Morgan fingerprint density at radius 2 is 1.94 bits per heavy atom. The van der Waals surface area contributed by atoms with Gasteiger partial charge in [0.05, 0.1) is 19.8 Å². The molecule has 1 amide bonds. The Morgan fingerprint density at radius 3 is 2.50 bits per heavy atom. The van der Waals surface area contributed by atoms with Crippen LogP contribution in [0.1, 0.15) is 20.8 Å². The molecule has 0 aromatic heterocycles. The summed E-state index contributed by atoms with van der Waals surface area (Å²) in [6.45, 7) is 11.2. The topological polar surface area (TPSA) is 44.8 Å². The molecule has 5 heteroatoms. The molecule has 1 heterocycles. The van der Waals surface area contributed by atoms with Crippen LogP contribution in [0.5, 0.6) is 0 Å². The van der Waals surface area contributed by atoms with Crippen molar-refractivity contribution in [3.05, 3.63) is 0 Å². The molecule has 1 N–H and O–H groups in total. The first kappa shape index (κ1) is 15.4. The highest BCUT2D eigenvalue weighted by molar-refractivity contribution is 5.78. The molecule has 18 heavy (non-hydrogen) atoms. The molecule has 0 bridgehead atoms. The third-order valence-electron chi connectivity index (χ3n) is 3.41. The van der Waals surface area contributed by atoms with Crippen molar-refractivity contribution in [1.82, 2.24) is 15.1 Å². The van der Waals surface area contributed by atoms with E-state index in [9.17, 15) is 4.79 Å². The molecule has 106 valence electrons. The van der Waals surface area contributed by atoms with Gasteiger partial charge in [0.1, 0.15) is 0 Å². The highest BCUT2D eigenvalue weighted by Gasteiger charge is 2.16. The van der Waals surface area contributed by atoms with E-state index >= 15 is 0 Å². The molecule has 0 radical (unpaired) electrons. The third kappa shape index (κ3) is 5.33. The van der Waals surface area contributed by atoms with Gasteiger partial charge in [-0.3, -0.25) is 9.69 Å². The lowest BCUT2D eigenvalue weighted by Gasteiger charge is -2.30. The van der Waals surface area contributed by atoms with Crippen LogP contribution in [-0.2, 0) is 9.53 Å². The summed E-state index contributed by atoms with van der Waals surface area (Å²) in [7, 11) is 1.85. The van der Waals surface area contributed by atoms with Gasteiger partial charge >= 0.3 is 0 Å². The molecular formula is C13H27N3O2. The number of carbonyl (C=O) groups is 1. The number of nitrogens with zero attached hydrogens (tertiary/aromatic N) is 2. The predicted octanol–water partition coefficient (Wildman–Crippen LogP) is 0.164. The largest absolute Gasteiger partial charge is 0.379 e. The van der Waals surface area contributed by atoms with Crippen LogP contribution in [-0.4, -0.2) is 74.2 Å². The smallest absolute Gasteiger partial charge is 0.236 e. The van der Waals surface area contributed by atoms with E-state index in [1.165, 1.54) is 0 Å². The second-order valence-electron chi connectivity index (χ2n) is 5.29. The van der Waals surface area contributed by atoms with Gasteiger partial charge in [0.15, 0.2) is 0 Å². The number of carbonyl (C=O) groups excluding carboxylic acids is 1. The molecule has 5 nitrogen and oxygen atoms in total. The fraction of sp³-hybridized carbons (Fsp3) is 0.923. The fourth-order valence-electron chi connectivity index (χ4n) is 1.91. The molecule has 0 aromatic rings. The van der Waals surface area contributed by atoms with E-state index in [0.717, 1.165) is 32.8 Å². The van der Waals surface area contributed by atoms with E-state index in [1.807, 2.05) is 20.9 Å². The number of hydrogen-bond donors (Lipinski definition) is 1. The van der Waals surface area contributed by atoms with E-state index in [0.29, 0.717) is 12.6 Å². The van der Waals surface area contributed by atoms with E-state index in [-0.39, 0.29) is 11.9 Å². The van der Waals surface area contributed by atoms with Crippen LogP contribution in [0.2, 0.25) is 0 Å². The standard InChI is InChI=1S/C13H27N3O2/c1-11(2)15(4)13(17)9-14-12(3)10-16-5-7-18-8-6-16/h11-12,14H,5-10H2,1-4H3. The molecule has 1 atom stereocenters. The van der Waals surface area contributed by atoms with Crippen molar-refractivity contribution in [3.63, 3.8) is 0 Å². The van der Waals surface area contributed by atoms with Crippen molar-refractivity contribution in [1.29, 1.82) is 0 Å². The van der Waals surface area contributed by atoms with Crippen molar-refractivity contribution in [2.75, 3.05) is 46.4 Å². The van der Waals surface area contributed by atoms with Gasteiger partial charge in [-0.1, -0.05) is 0 Å². The van der Waals surface area contributed by atoms with Crippen molar-refractivity contribution in [2.24, 2.45) is 0 Å². The van der Waals surface area contributed by atoms with Crippen LogP contribution >= 0.6 is 0 Å². The van der Waals surface area contributed by atoms with E-state index in [1.54, 1.807) is 4.90 Å². The number of rotatable bonds is 6. The third-order valence-corrected chi connectivity index (χ3v) is 3.41. The highest BCUT2D eigenvalue weighted by Crippen LogP contribution is 1.99. The van der Waals surface area contributed by atoms with Crippen molar-refractivity contribution in [3.8, 4) is 0 Å². The Labute approximate surface area is 110 Å². The second kappa shape index (κ2) is 7.71. The molecule has 1 saturated heterocycles. The number of amides is 1. The van der Waals surface area contributed by atoms with E-state index in [2.05, 4.69) is 17.1 Å². The van der Waals surface area contributed by atoms with E-state index < -0.39 is 0 Å². The minimum absolute atomic E-state index is 0.152. The maximum atomic E-state index is 11.8. The van der Waals surface area contributed by atoms with Crippen LogP contribution in [0.25, 0.3) is 0 Å². The number of morpholine rings is 1. The molecule has 0 aromatic carbocycles. The van der Waals surface area contributed by atoms with Gasteiger partial charge < -0.3 is 15.0 Å². The monoisotopic (exact) mass is 257 g/mol. The quantitative estimate of drug-likeness (QED) is 0.736. The summed E-state index contributed by atoms with van der Waals surface area (Å²) in [5.41, 5.74) is 0. The van der Waals surface area contributed by atoms with E-state index in [4.69, 9.17) is 4.74 Å². The van der Waals surface area contributed by atoms with Crippen molar-refractivity contribution >= 4 is 5.91 Å². The molecule has 0 saturated carbocycles. The minimum atomic E-state index is 0.152. The molecular weight excluding hydrogens is 230 g/mol. The first-order valence-corrected chi connectivity index (χ1v) is 6.80. The summed E-state index contributed by atoms with van der Waals surface area (Å²) in [5.74, 6) is 0.152. The van der Waals surface area contributed by atoms with Gasteiger partial charge in [0.25, 0.3) is 0 Å². The number of likely N-dealkylation sites (N-methyl/N-ethyl adjacent to an activating group) is 1. The van der Waals surface area contributed by atoms with Crippen molar-refractivity contribution < 1.29 is 9.53 Å². The Morgan fingerprint density at radius 1 is 1.33 bits per heavy atom. The van der Waals surface area contributed by atoms with Crippen LogP contribution in [0.3, 0.4) is 0 Å². The van der Waals surface area contributed by atoms with Gasteiger partial charge in [-0.2, -0.15) is 0 Å². The molecule has 1 fully saturated rings. The van der Waals surface area contributed by atoms with Crippen molar-refractivity contribution in [2.45, 2.75) is 32.9 Å². The molecule has 0 aliphatic carbocycles. The molecule has 1 aliphatic heterocycles. The normalized spacial score (nSPS) is 18.9. The average molecular weight is 257 g/mol. The Hall–Kier alpha value is -0.650. The number of nitrogens with one attached hydrogen (secondary N) is 1. The van der Waals surface area contributed by atoms with Gasteiger partial charge in [0.2, 0.25) is 5.91 Å². The first-order valence-electron chi connectivity index (χ1n) is 6.80. The second-order valence-corrected chi connectivity index (χ2v) is 5.29. The SMILES string of the molecule is CC(CN1CCOCC1)NCC(=O)N(C)C(C)C. The molecule has 1 aliphatic rings. The van der Waals surface area contributed by atoms with Gasteiger partial charge in [0, 0.05) is 38.8 Å². The summed E-state index contributed by atoms with van der Waals surface area (Å²) in [5, 5.41) is 3.29. The summed E-state index contributed by atoms with van der Waals surface area (Å²) < 4.78 is 5.31. The number of hydrogen-bond acceptors (Lipinski definition) is 4. The molecule has 0 spiro atoms. The zero-order chi connectivity index (χ0) is 13.5. The molecule has 1 rings (SSSR count). The summed E-state index contributed by atoms with van der Waals surface area (Å²) in [6.07, 6.45) is 0. The lowest BCUT2D eigenvalue weighted by atomic mass is 10.2. The lowest BCUT2D eigenvalue weighted by Crippen LogP contribution is -2.47. The number of ether oxygens (including phenoxy) is 1. The van der Waals surface area contributed by atoms with Gasteiger partial charge in [-0.15, -0.1) is 0 Å². The zero-order valence-electron chi connectivity index (χ0n) is 12.1. The lowest BCUT2D eigenvalue weighted by molar-refractivity contribution is -0.130. The average Bonchev–Trinajstić information content (AvgIpc) is 2.36. The summed E-state index contributed by atoms with van der Waals surface area (Å²) in [6, 6.07) is 0.585. The van der Waals surface area contributed by atoms with Gasteiger partial charge in [-0.25, -0.2) is 0 Å². The maximum absolute atomic E-state index is 11.8. The van der Waals surface area contributed by atoms with Gasteiger partial charge in [-0.05, 0) is 20.8 Å². The Balaban J connectivity index is 2.19. The van der Waals surface area contributed by atoms with Crippen LogP contribution in [0.15, 0.2) is 0 Å². The summed E-state index contributed by atoms with van der Waals surface area (Å²) >= 11 is 0. The highest BCUT2D eigenvalue weighted by atomic mass is 16.5.